The minimum atomic E-state index is -4.80. The summed E-state index contributed by atoms with van der Waals surface area (Å²) in [5.41, 5.74) is 3.01. The molecule has 0 aliphatic carbocycles. The number of fused-ring (bicyclic) bond motifs is 1. The number of nitrogens with one attached hydrogen (secondary N) is 1. The van der Waals surface area contributed by atoms with E-state index in [0.29, 0.717) is 41.0 Å². The first-order valence-corrected chi connectivity index (χ1v) is 8.89. The van der Waals surface area contributed by atoms with Crippen molar-refractivity contribution in [3.8, 4) is 28.7 Å². The monoisotopic (exact) mass is 422 g/mol. The predicted octanol–water partition coefficient (Wildman–Crippen LogP) is 3.38. The maximum atomic E-state index is 12.4. The molecule has 7 nitrogen and oxygen atoms in total. The van der Waals surface area contributed by atoms with Crippen LogP contribution in [-0.4, -0.2) is 35.4 Å². The molecule has 0 radical (unpaired) electrons. The second-order valence-corrected chi connectivity index (χ2v) is 6.55. The van der Waals surface area contributed by atoms with Crippen molar-refractivity contribution in [1.82, 2.24) is 5.32 Å². The zero-order valence-corrected chi connectivity index (χ0v) is 15.5. The smallest absolute Gasteiger partial charge is 0.492 e. The van der Waals surface area contributed by atoms with Gasteiger partial charge in [-0.15, -0.1) is 13.2 Å². The van der Waals surface area contributed by atoms with Gasteiger partial charge in [-0.2, -0.15) is 5.26 Å². The van der Waals surface area contributed by atoms with Crippen LogP contribution in [-0.2, 0) is 19.4 Å². The Morgan fingerprint density at radius 2 is 2.03 bits per heavy atom. The molecule has 1 heterocycles. The lowest BCUT2D eigenvalue weighted by Gasteiger charge is -2.18. The number of aliphatic hydroxyl groups is 1. The summed E-state index contributed by atoms with van der Waals surface area (Å²) in [6.07, 6.45) is -6.83. The van der Waals surface area contributed by atoms with Crippen LogP contribution in [0.5, 0.6) is 11.5 Å². The highest BCUT2D eigenvalue weighted by atomic mass is 19.4. The molecule has 2 aromatic rings. The fraction of sp³-hybridized carbons (Fsp3) is 0.300. The van der Waals surface area contributed by atoms with E-state index < -0.39 is 18.6 Å². The quantitative estimate of drug-likeness (QED) is 0.616. The lowest BCUT2D eigenvalue weighted by molar-refractivity contribution is -0.274. The zero-order valence-electron chi connectivity index (χ0n) is 15.5. The number of nitrogens with zero attached hydrogens (tertiary/aromatic N) is 1. The fourth-order valence-electron chi connectivity index (χ4n) is 3.38. The SMILES string of the molecule is N#CC(O)Cc1c(CNC(=O)O)cc(-c2ccc(OC(F)(F)F)cc2)c2c1CCO2. The first-order chi connectivity index (χ1) is 14.2. The molecule has 158 valence electrons. The van der Waals surface area contributed by atoms with E-state index >= 15 is 0 Å². The van der Waals surface area contributed by atoms with Gasteiger partial charge in [0.15, 0.2) is 0 Å². The molecule has 1 amide bonds. The third kappa shape index (κ3) is 4.93. The second kappa shape index (κ2) is 8.51. The summed E-state index contributed by atoms with van der Waals surface area (Å²) in [6, 6.07) is 8.62. The molecule has 2 aromatic carbocycles. The fourth-order valence-corrected chi connectivity index (χ4v) is 3.38. The van der Waals surface area contributed by atoms with Crippen LogP contribution in [0.3, 0.4) is 0 Å². The topological polar surface area (TPSA) is 112 Å². The van der Waals surface area contributed by atoms with E-state index in [2.05, 4.69) is 10.1 Å². The number of carbonyl (C=O) groups is 1. The van der Waals surface area contributed by atoms with Gasteiger partial charge in [-0.1, -0.05) is 12.1 Å². The number of hydrogen-bond acceptors (Lipinski definition) is 5. The van der Waals surface area contributed by atoms with E-state index in [1.54, 1.807) is 12.1 Å². The molecule has 30 heavy (non-hydrogen) atoms. The van der Waals surface area contributed by atoms with Crippen LogP contribution >= 0.6 is 0 Å². The van der Waals surface area contributed by atoms with Crippen LogP contribution in [0.2, 0.25) is 0 Å². The number of benzene rings is 2. The Labute approximate surface area is 169 Å². The molecular weight excluding hydrogens is 405 g/mol. The van der Waals surface area contributed by atoms with Crippen molar-refractivity contribution in [2.75, 3.05) is 6.61 Å². The highest BCUT2D eigenvalue weighted by molar-refractivity contribution is 5.76. The number of halogens is 3. The van der Waals surface area contributed by atoms with Gasteiger partial charge >= 0.3 is 12.5 Å². The van der Waals surface area contributed by atoms with E-state index in [0.717, 1.165) is 5.56 Å². The molecule has 0 spiro atoms. The Balaban J connectivity index is 2.04. The molecule has 0 bridgehead atoms. The lowest BCUT2D eigenvalue weighted by atomic mass is 9.89. The third-order valence-corrected chi connectivity index (χ3v) is 4.56. The minimum Gasteiger partial charge on any atom is -0.492 e. The molecule has 10 heteroatoms. The average Bonchev–Trinajstić information content (AvgIpc) is 3.16. The standard InChI is InChI=1S/C20H17F3N2O5/c21-20(22,23)30-14-3-1-11(2-4-14)17-7-12(10-25-19(27)28)16(8-13(26)9-24)15-5-6-29-18(15)17/h1-4,7,13,25-26H,5-6,8,10H2,(H,27,28). The van der Waals surface area contributed by atoms with Gasteiger partial charge in [0.2, 0.25) is 0 Å². The summed E-state index contributed by atoms with van der Waals surface area (Å²) in [6.45, 7) is 0.279. The van der Waals surface area contributed by atoms with Crippen LogP contribution in [0.15, 0.2) is 30.3 Å². The summed E-state index contributed by atoms with van der Waals surface area (Å²) in [7, 11) is 0. The van der Waals surface area contributed by atoms with E-state index in [9.17, 15) is 23.1 Å². The number of carboxylic acid groups (broad SMARTS) is 1. The number of nitriles is 1. The molecule has 0 saturated carbocycles. The number of amides is 1. The molecule has 0 saturated heterocycles. The predicted molar refractivity (Wildman–Crippen MR) is 97.9 cm³/mol. The zero-order chi connectivity index (χ0) is 21.9. The Kier molecular flexibility index (Phi) is 6.03. The Morgan fingerprint density at radius 1 is 1.33 bits per heavy atom. The van der Waals surface area contributed by atoms with Crippen molar-refractivity contribution < 1.29 is 37.7 Å². The summed E-state index contributed by atoms with van der Waals surface area (Å²) >= 11 is 0. The summed E-state index contributed by atoms with van der Waals surface area (Å²) in [5.74, 6) is 0.129. The molecule has 3 N–H and O–H groups in total. The van der Waals surface area contributed by atoms with Gasteiger partial charge in [-0.05, 0) is 34.9 Å². The van der Waals surface area contributed by atoms with Crippen LogP contribution in [0, 0.1) is 11.3 Å². The number of aliphatic hydroxyl groups excluding tert-OH is 1. The van der Waals surface area contributed by atoms with E-state index in [1.807, 2.05) is 0 Å². The number of hydrogen-bond donors (Lipinski definition) is 3. The van der Waals surface area contributed by atoms with Crippen LogP contribution in [0.1, 0.15) is 16.7 Å². The van der Waals surface area contributed by atoms with Crippen molar-refractivity contribution in [3.63, 3.8) is 0 Å². The maximum Gasteiger partial charge on any atom is 0.573 e. The van der Waals surface area contributed by atoms with Crippen molar-refractivity contribution in [2.45, 2.75) is 31.9 Å². The Bertz CT molecular complexity index is 984. The van der Waals surface area contributed by atoms with E-state index in [4.69, 9.17) is 15.1 Å². The minimum absolute atomic E-state index is 0.00251. The van der Waals surface area contributed by atoms with Crippen LogP contribution < -0.4 is 14.8 Å². The molecule has 3 rings (SSSR count). The normalized spacial score (nSPS) is 13.7. The molecule has 1 aliphatic heterocycles. The van der Waals surface area contributed by atoms with Gasteiger partial charge in [-0.3, -0.25) is 0 Å². The largest absolute Gasteiger partial charge is 0.573 e. The molecule has 1 unspecified atom stereocenters. The molecule has 0 fully saturated rings. The van der Waals surface area contributed by atoms with Gasteiger partial charge < -0.3 is 25.0 Å². The Hall–Kier alpha value is -3.45. The number of alkyl halides is 3. The van der Waals surface area contributed by atoms with E-state index in [-0.39, 0.29) is 18.7 Å². The van der Waals surface area contributed by atoms with Gasteiger partial charge in [0.05, 0.1) is 12.7 Å². The maximum absolute atomic E-state index is 12.4. The molecular formula is C20H17F3N2O5. The lowest BCUT2D eigenvalue weighted by Crippen LogP contribution is -2.22. The average molecular weight is 422 g/mol. The van der Waals surface area contributed by atoms with Crippen molar-refractivity contribution in [2.24, 2.45) is 0 Å². The summed E-state index contributed by atoms with van der Waals surface area (Å²) in [5, 5.41) is 30.0. The molecule has 1 aliphatic rings. The first-order valence-electron chi connectivity index (χ1n) is 8.89. The highest BCUT2D eigenvalue weighted by Crippen LogP contribution is 2.41. The molecule has 1 atom stereocenters. The van der Waals surface area contributed by atoms with Gasteiger partial charge in [0, 0.05) is 30.5 Å². The van der Waals surface area contributed by atoms with Crippen molar-refractivity contribution >= 4 is 6.09 Å². The first kappa shape index (κ1) is 21.3. The third-order valence-electron chi connectivity index (χ3n) is 4.56. The van der Waals surface area contributed by atoms with Crippen LogP contribution in [0.25, 0.3) is 11.1 Å². The molecule has 0 aromatic heterocycles. The van der Waals surface area contributed by atoms with Gasteiger partial charge in [0.1, 0.15) is 17.6 Å². The summed E-state index contributed by atoms with van der Waals surface area (Å²) in [4.78, 5) is 11.0. The number of rotatable bonds is 6. The van der Waals surface area contributed by atoms with Crippen LogP contribution in [0.4, 0.5) is 18.0 Å². The number of ether oxygens (including phenoxy) is 2. The second-order valence-electron chi connectivity index (χ2n) is 6.55. The highest BCUT2D eigenvalue weighted by Gasteiger charge is 2.31. The Morgan fingerprint density at radius 3 is 2.63 bits per heavy atom. The van der Waals surface area contributed by atoms with Gasteiger partial charge in [-0.25, -0.2) is 4.79 Å². The van der Waals surface area contributed by atoms with Gasteiger partial charge in [0.25, 0.3) is 0 Å². The van der Waals surface area contributed by atoms with Crippen molar-refractivity contribution in [1.29, 1.82) is 5.26 Å². The van der Waals surface area contributed by atoms with Crippen molar-refractivity contribution in [3.05, 3.63) is 47.0 Å². The van der Waals surface area contributed by atoms with E-state index in [1.165, 1.54) is 24.3 Å². The summed E-state index contributed by atoms with van der Waals surface area (Å²) < 4.78 is 46.8.